The van der Waals surface area contributed by atoms with Crippen molar-refractivity contribution in [3.63, 3.8) is 0 Å². The van der Waals surface area contributed by atoms with Crippen molar-refractivity contribution < 1.29 is 19.1 Å². The summed E-state index contributed by atoms with van der Waals surface area (Å²) in [6.07, 6.45) is 2.08. The van der Waals surface area contributed by atoms with E-state index in [4.69, 9.17) is 4.74 Å². The number of hydrogen-bond donors (Lipinski definition) is 3. The minimum atomic E-state index is -0.244. The van der Waals surface area contributed by atoms with E-state index in [0.29, 0.717) is 35.6 Å². The number of nitrogens with zero attached hydrogens (tertiary/aromatic N) is 1. The largest absolute Gasteiger partial charge is 0.376 e. The van der Waals surface area contributed by atoms with Gasteiger partial charge in [-0.15, -0.1) is 0 Å². The number of hydrogen-bond acceptors (Lipinski definition) is 5. The van der Waals surface area contributed by atoms with Crippen LogP contribution in [0.25, 0.3) is 0 Å². The van der Waals surface area contributed by atoms with Gasteiger partial charge >= 0.3 is 0 Å². The van der Waals surface area contributed by atoms with Crippen molar-refractivity contribution in [1.29, 1.82) is 0 Å². The van der Waals surface area contributed by atoms with Crippen LogP contribution in [0.5, 0.6) is 0 Å². The van der Waals surface area contributed by atoms with Crippen LogP contribution in [0, 0.1) is 0 Å². The number of rotatable bonds is 10. The fourth-order valence-corrected chi connectivity index (χ4v) is 4.18. The van der Waals surface area contributed by atoms with Crippen LogP contribution in [0.3, 0.4) is 0 Å². The van der Waals surface area contributed by atoms with E-state index in [2.05, 4.69) is 16.0 Å². The molecule has 1 fully saturated rings. The number of anilines is 3. The van der Waals surface area contributed by atoms with Crippen molar-refractivity contribution in [2.75, 3.05) is 41.8 Å². The summed E-state index contributed by atoms with van der Waals surface area (Å²) in [6.45, 7) is 3.75. The molecule has 1 atom stereocenters. The van der Waals surface area contributed by atoms with Gasteiger partial charge in [0.15, 0.2) is 0 Å². The van der Waals surface area contributed by atoms with Gasteiger partial charge in [-0.2, -0.15) is 0 Å². The van der Waals surface area contributed by atoms with Gasteiger partial charge in [-0.25, -0.2) is 0 Å². The molecular formula is C29H32N4O4. The zero-order chi connectivity index (χ0) is 26.0. The lowest BCUT2D eigenvalue weighted by Crippen LogP contribution is -2.31. The maximum absolute atomic E-state index is 13.1. The minimum absolute atomic E-state index is 0.0252. The number of nitrogens with one attached hydrogen (secondary N) is 3. The first-order valence-electron chi connectivity index (χ1n) is 12.5. The fraction of sp³-hybridized carbons (Fsp3) is 0.276. The van der Waals surface area contributed by atoms with Gasteiger partial charge in [0, 0.05) is 47.9 Å². The Balaban J connectivity index is 1.28. The van der Waals surface area contributed by atoms with Gasteiger partial charge in [-0.1, -0.05) is 24.3 Å². The van der Waals surface area contributed by atoms with E-state index in [1.165, 1.54) is 0 Å². The van der Waals surface area contributed by atoms with E-state index in [1.54, 1.807) is 47.4 Å². The van der Waals surface area contributed by atoms with Crippen molar-refractivity contribution >= 4 is 34.8 Å². The van der Waals surface area contributed by atoms with Crippen LogP contribution in [0.4, 0.5) is 17.1 Å². The molecule has 0 spiro atoms. The Morgan fingerprint density at radius 3 is 2.41 bits per heavy atom. The van der Waals surface area contributed by atoms with Gasteiger partial charge in [0.05, 0.1) is 12.6 Å². The molecule has 4 rings (SSSR count). The van der Waals surface area contributed by atoms with E-state index in [0.717, 1.165) is 25.1 Å². The van der Waals surface area contributed by atoms with Crippen molar-refractivity contribution in [3.05, 3.63) is 90.0 Å². The Bertz CT molecular complexity index is 1210. The topological polar surface area (TPSA) is 99.8 Å². The molecule has 192 valence electrons. The van der Waals surface area contributed by atoms with Crippen molar-refractivity contribution in [3.8, 4) is 0 Å². The summed E-state index contributed by atoms with van der Waals surface area (Å²) in [7, 11) is 0. The summed E-state index contributed by atoms with van der Waals surface area (Å²) < 4.78 is 5.52. The first-order chi connectivity index (χ1) is 18.0. The highest BCUT2D eigenvalue weighted by Crippen LogP contribution is 2.19. The van der Waals surface area contributed by atoms with E-state index in [1.807, 2.05) is 43.3 Å². The van der Waals surface area contributed by atoms with E-state index in [-0.39, 0.29) is 30.4 Å². The normalized spacial score (nSPS) is 14.6. The summed E-state index contributed by atoms with van der Waals surface area (Å²) in [5, 5.41) is 8.77. The van der Waals surface area contributed by atoms with Crippen LogP contribution in [0.1, 0.15) is 40.5 Å². The highest BCUT2D eigenvalue weighted by Gasteiger charge is 2.17. The Labute approximate surface area is 217 Å². The maximum Gasteiger partial charge on any atom is 0.258 e. The number of ether oxygens (including phenoxy) is 1. The summed E-state index contributed by atoms with van der Waals surface area (Å²) >= 11 is 0. The Morgan fingerprint density at radius 1 is 0.919 bits per heavy atom. The molecule has 3 aromatic rings. The maximum atomic E-state index is 13.1. The van der Waals surface area contributed by atoms with Crippen LogP contribution in [-0.4, -0.2) is 50.1 Å². The first-order valence-corrected chi connectivity index (χ1v) is 12.5. The minimum Gasteiger partial charge on any atom is -0.376 e. The predicted octanol–water partition coefficient (Wildman–Crippen LogP) is 4.31. The molecule has 1 saturated heterocycles. The molecule has 1 heterocycles. The molecule has 37 heavy (non-hydrogen) atoms. The van der Waals surface area contributed by atoms with Crippen molar-refractivity contribution in [1.82, 2.24) is 5.32 Å². The number of para-hydroxylation sites is 1. The molecule has 3 amide bonds. The second-order valence-corrected chi connectivity index (χ2v) is 8.79. The quantitative estimate of drug-likeness (QED) is 0.385. The molecule has 3 N–H and O–H groups in total. The van der Waals surface area contributed by atoms with Crippen LogP contribution < -0.4 is 20.9 Å². The van der Waals surface area contributed by atoms with Gasteiger partial charge in [-0.3, -0.25) is 14.4 Å². The molecule has 0 radical (unpaired) electrons. The third-order valence-electron chi connectivity index (χ3n) is 6.14. The van der Waals surface area contributed by atoms with E-state index < -0.39 is 0 Å². The highest BCUT2D eigenvalue weighted by atomic mass is 16.5. The average molecular weight is 501 g/mol. The highest BCUT2D eigenvalue weighted by molar-refractivity contribution is 6.06. The average Bonchev–Trinajstić information content (AvgIpc) is 3.46. The van der Waals surface area contributed by atoms with Crippen LogP contribution in [0.2, 0.25) is 0 Å². The molecular weight excluding hydrogens is 468 g/mol. The third-order valence-corrected chi connectivity index (χ3v) is 6.14. The standard InChI is InChI=1S/C29H32N4O4/c1-2-33(25-10-4-3-5-11-25)29(36)22-8-6-9-24(18-22)30-20-27(34)32-23-15-13-21(14-16-23)28(35)31-19-26-12-7-17-37-26/h3-6,8-11,13-16,18,26,30H,2,7,12,17,19-20H2,1H3,(H,31,35)(H,32,34). The number of benzene rings is 3. The molecule has 0 saturated carbocycles. The summed E-state index contributed by atoms with van der Waals surface area (Å²) in [5.74, 6) is -0.521. The fourth-order valence-electron chi connectivity index (χ4n) is 4.18. The molecule has 8 nitrogen and oxygen atoms in total. The van der Waals surface area contributed by atoms with E-state index >= 15 is 0 Å². The van der Waals surface area contributed by atoms with Gasteiger partial charge < -0.3 is 25.6 Å². The Kier molecular flexibility index (Phi) is 8.89. The summed E-state index contributed by atoms with van der Waals surface area (Å²) in [6, 6.07) is 23.4. The predicted molar refractivity (Wildman–Crippen MR) is 145 cm³/mol. The van der Waals surface area contributed by atoms with E-state index in [9.17, 15) is 14.4 Å². The number of carbonyl (C=O) groups is 3. The zero-order valence-corrected chi connectivity index (χ0v) is 20.9. The van der Waals surface area contributed by atoms with Crippen LogP contribution >= 0.6 is 0 Å². The lowest BCUT2D eigenvalue weighted by atomic mass is 10.1. The molecule has 0 aromatic heterocycles. The number of amides is 3. The monoisotopic (exact) mass is 500 g/mol. The van der Waals surface area contributed by atoms with Gasteiger partial charge in [0.1, 0.15) is 0 Å². The molecule has 0 aliphatic carbocycles. The second-order valence-electron chi connectivity index (χ2n) is 8.79. The SMILES string of the molecule is CCN(C(=O)c1cccc(NCC(=O)Nc2ccc(C(=O)NCC3CCCO3)cc2)c1)c1ccccc1. The smallest absolute Gasteiger partial charge is 0.258 e. The summed E-state index contributed by atoms with van der Waals surface area (Å²) in [4.78, 5) is 39.6. The van der Waals surface area contributed by atoms with Crippen LogP contribution in [-0.2, 0) is 9.53 Å². The Morgan fingerprint density at radius 2 is 1.70 bits per heavy atom. The van der Waals surface area contributed by atoms with Gasteiger partial charge in [0.25, 0.3) is 11.8 Å². The first kappa shape index (κ1) is 25.9. The lowest BCUT2D eigenvalue weighted by molar-refractivity contribution is -0.114. The van der Waals surface area contributed by atoms with Crippen LogP contribution in [0.15, 0.2) is 78.9 Å². The Hall–Kier alpha value is -4.17. The number of carbonyl (C=O) groups excluding carboxylic acids is 3. The van der Waals surface area contributed by atoms with Crippen molar-refractivity contribution in [2.24, 2.45) is 0 Å². The van der Waals surface area contributed by atoms with Gasteiger partial charge in [-0.05, 0) is 74.4 Å². The third kappa shape index (κ3) is 7.17. The lowest BCUT2D eigenvalue weighted by Gasteiger charge is -2.21. The molecule has 1 aliphatic rings. The zero-order valence-electron chi connectivity index (χ0n) is 20.9. The molecule has 1 unspecified atom stereocenters. The molecule has 1 aliphatic heterocycles. The molecule has 3 aromatic carbocycles. The molecule has 8 heteroatoms. The van der Waals surface area contributed by atoms with Crippen molar-refractivity contribution in [2.45, 2.75) is 25.9 Å². The second kappa shape index (κ2) is 12.7. The summed E-state index contributed by atoms with van der Waals surface area (Å²) in [5.41, 5.74) is 3.15. The van der Waals surface area contributed by atoms with Gasteiger partial charge in [0.2, 0.25) is 5.91 Å². The molecule has 0 bridgehead atoms.